The smallest absolute Gasteiger partial charge is 0.243 e. The number of halogens is 1. The first-order valence-electron chi connectivity index (χ1n) is 11.9. The minimum Gasteiger partial charge on any atom is -0.342 e. The van der Waals surface area contributed by atoms with Gasteiger partial charge in [-0.25, -0.2) is 21.8 Å². The van der Waals surface area contributed by atoms with Crippen molar-refractivity contribution >= 4 is 42.7 Å². The van der Waals surface area contributed by atoms with Crippen LogP contribution in [0.5, 0.6) is 0 Å². The van der Waals surface area contributed by atoms with Crippen LogP contribution in [0, 0.1) is 0 Å². The lowest BCUT2D eigenvalue weighted by Gasteiger charge is -2.32. The van der Waals surface area contributed by atoms with E-state index in [0.29, 0.717) is 37.5 Å². The van der Waals surface area contributed by atoms with E-state index >= 15 is 0 Å². The van der Waals surface area contributed by atoms with E-state index in [1.54, 1.807) is 6.07 Å². The highest BCUT2D eigenvalue weighted by atomic mass is 35.5. The first kappa shape index (κ1) is 24.7. The normalized spacial score (nSPS) is 21.5. The summed E-state index contributed by atoms with van der Waals surface area (Å²) in [4.78, 5) is 8.22. The Morgan fingerprint density at radius 1 is 0.886 bits per heavy atom. The molecule has 0 aliphatic carbocycles. The fourth-order valence-electron chi connectivity index (χ4n) is 5.06. The van der Waals surface area contributed by atoms with Crippen molar-refractivity contribution in [3.63, 3.8) is 0 Å². The molecular weight excluding hydrogens is 508 g/mol. The number of aromatic nitrogens is 2. The Hall–Kier alpha value is -1.98. The number of piperidine rings is 2. The highest BCUT2D eigenvalue weighted by molar-refractivity contribution is 7.89. The summed E-state index contributed by atoms with van der Waals surface area (Å²) in [6.45, 7) is 3.16. The Morgan fingerprint density at radius 3 is 2.20 bits per heavy atom. The van der Waals surface area contributed by atoms with Gasteiger partial charge in [0.15, 0.2) is 0 Å². The molecule has 1 unspecified atom stereocenters. The number of benzene rings is 2. The molecule has 3 heterocycles. The van der Waals surface area contributed by atoms with Crippen molar-refractivity contribution in [2.75, 3.05) is 19.6 Å². The van der Waals surface area contributed by atoms with Gasteiger partial charge < -0.3 is 4.98 Å². The van der Waals surface area contributed by atoms with Crippen molar-refractivity contribution in [3.8, 4) is 0 Å². The Labute approximate surface area is 211 Å². The van der Waals surface area contributed by atoms with Crippen molar-refractivity contribution in [2.45, 2.75) is 60.8 Å². The van der Waals surface area contributed by atoms with E-state index in [1.807, 2.05) is 19.1 Å². The first-order valence-corrected chi connectivity index (χ1v) is 15.2. The molecule has 0 bridgehead atoms. The van der Waals surface area contributed by atoms with Gasteiger partial charge in [-0.05, 0) is 75.1 Å². The summed E-state index contributed by atoms with van der Waals surface area (Å²) < 4.78 is 55.6. The van der Waals surface area contributed by atoms with E-state index in [2.05, 4.69) is 9.97 Å². The number of fused-ring (bicyclic) bond motifs is 1. The van der Waals surface area contributed by atoms with E-state index in [1.165, 1.54) is 32.9 Å². The largest absolute Gasteiger partial charge is 0.342 e. The molecule has 5 rings (SSSR count). The minimum atomic E-state index is -3.72. The third-order valence-corrected chi connectivity index (χ3v) is 11.3. The number of hydrogen-bond donors (Lipinski definition) is 1. The molecule has 1 atom stereocenters. The third kappa shape index (κ3) is 4.74. The molecule has 2 fully saturated rings. The Kier molecular flexibility index (Phi) is 6.69. The lowest BCUT2D eigenvalue weighted by molar-refractivity contribution is 0.268. The summed E-state index contributed by atoms with van der Waals surface area (Å²) in [6, 6.07) is 11.1. The van der Waals surface area contributed by atoms with Crippen LogP contribution in [-0.2, 0) is 20.0 Å². The molecule has 2 saturated heterocycles. The van der Waals surface area contributed by atoms with Crippen LogP contribution in [0.25, 0.3) is 11.0 Å². The Bertz CT molecular complexity index is 1430. The van der Waals surface area contributed by atoms with Crippen LogP contribution in [0.3, 0.4) is 0 Å². The zero-order chi connectivity index (χ0) is 24.8. The van der Waals surface area contributed by atoms with Crippen LogP contribution >= 0.6 is 11.6 Å². The van der Waals surface area contributed by atoms with Gasteiger partial charge in [-0.1, -0.05) is 18.0 Å². The quantitative estimate of drug-likeness (QED) is 0.522. The van der Waals surface area contributed by atoms with E-state index < -0.39 is 20.0 Å². The van der Waals surface area contributed by atoms with Crippen LogP contribution < -0.4 is 0 Å². The summed E-state index contributed by atoms with van der Waals surface area (Å²) in [6.07, 6.45) is 3.99. The lowest BCUT2D eigenvalue weighted by Crippen LogP contribution is -2.41. The molecule has 0 radical (unpaired) electrons. The number of hydrogen-bond acceptors (Lipinski definition) is 5. The van der Waals surface area contributed by atoms with E-state index in [4.69, 9.17) is 11.6 Å². The van der Waals surface area contributed by atoms with Crippen molar-refractivity contribution in [1.29, 1.82) is 0 Å². The molecule has 0 spiro atoms. The zero-order valence-electron chi connectivity index (χ0n) is 19.5. The maximum Gasteiger partial charge on any atom is 0.243 e. The maximum atomic E-state index is 13.3. The van der Waals surface area contributed by atoms with Crippen molar-refractivity contribution < 1.29 is 16.8 Å². The predicted molar refractivity (Wildman–Crippen MR) is 135 cm³/mol. The average molecular weight is 537 g/mol. The number of nitrogens with one attached hydrogen (secondary N) is 1. The zero-order valence-corrected chi connectivity index (χ0v) is 21.9. The van der Waals surface area contributed by atoms with Crippen LogP contribution in [0.15, 0.2) is 52.3 Å². The molecule has 1 aromatic heterocycles. The highest BCUT2D eigenvalue weighted by Crippen LogP contribution is 2.32. The number of sulfonamides is 2. The second-order valence-corrected chi connectivity index (χ2v) is 13.7. The molecule has 0 saturated carbocycles. The average Bonchev–Trinajstić information content (AvgIpc) is 3.27. The van der Waals surface area contributed by atoms with Crippen molar-refractivity contribution in [2.24, 2.45) is 0 Å². The lowest BCUT2D eigenvalue weighted by atomic mass is 9.97. The number of H-pyrrole nitrogens is 1. The second kappa shape index (κ2) is 9.48. The van der Waals surface area contributed by atoms with E-state index in [-0.39, 0.29) is 21.8 Å². The molecule has 1 N–H and O–H groups in total. The van der Waals surface area contributed by atoms with Gasteiger partial charge in [-0.3, -0.25) is 0 Å². The molecule has 3 aromatic rings. The van der Waals surface area contributed by atoms with Crippen LogP contribution in [-0.4, -0.2) is 61.1 Å². The maximum absolute atomic E-state index is 13.3. The summed E-state index contributed by atoms with van der Waals surface area (Å²) in [5.74, 6) is 0.979. The van der Waals surface area contributed by atoms with Gasteiger partial charge in [0, 0.05) is 36.6 Å². The van der Waals surface area contributed by atoms with Gasteiger partial charge >= 0.3 is 0 Å². The number of rotatable bonds is 5. The minimum absolute atomic E-state index is 0.0535. The van der Waals surface area contributed by atoms with Crippen molar-refractivity contribution in [1.82, 2.24) is 18.6 Å². The molecule has 11 heteroatoms. The second-order valence-electron chi connectivity index (χ2n) is 9.39. The summed E-state index contributed by atoms with van der Waals surface area (Å²) in [7, 11) is -7.36. The fraction of sp³-hybridized carbons (Fsp3) is 0.458. The summed E-state index contributed by atoms with van der Waals surface area (Å²) in [5.41, 5.74) is 1.71. The fourth-order valence-corrected chi connectivity index (χ4v) is 8.40. The molecule has 35 heavy (non-hydrogen) atoms. The number of imidazole rings is 1. The van der Waals surface area contributed by atoms with Gasteiger partial charge in [0.25, 0.3) is 0 Å². The molecule has 2 aromatic carbocycles. The predicted octanol–water partition coefficient (Wildman–Crippen LogP) is 4.35. The van der Waals surface area contributed by atoms with E-state index in [9.17, 15) is 16.8 Å². The van der Waals surface area contributed by atoms with Crippen LogP contribution in [0.2, 0.25) is 5.02 Å². The Balaban J connectivity index is 1.28. The summed E-state index contributed by atoms with van der Waals surface area (Å²) >= 11 is 6.06. The molecule has 188 valence electrons. The Morgan fingerprint density at radius 2 is 1.54 bits per heavy atom. The molecule has 2 aliphatic heterocycles. The number of aromatic amines is 1. The summed E-state index contributed by atoms with van der Waals surface area (Å²) in [5, 5.41) is 0.637. The SMILES string of the molecule is CC1CCCCN1S(=O)(=O)c1ccc(S(=O)(=O)N2CCC(c3nc4ccc(Cl)cc4[nH]3)CC2)cc1. The highest BCUT2D eigenvalue weighted by Gasteiger charge is 2.33. The van der Waals surface area contributed by atoms with Gasteiger partial charge in [-0.15, -0.1) is 0 Å². The first-order chi connectivity index (χ1) is 16.7. The van der Waals surface area contributed by atoms with Crippen LogP contribution in [0.4, 0.5) is 0 Å². The van der Waals surface area contributed by atoms with Gasteiger partial charge in [0.2, 0.25) is 20.0 Å². The van der Waals surface area contributed by atoms with Crippen LogP contribution in [0.1, 0.15) is 50.8 Å². The topological polar surface area (TPSA) is 103 Å². The van der Waals surface area contributed by atoms with E-state index in [0.717, 1.165) is 36.1 Å². The molecule has 0 amide bonds. The van der Waals surface area contributed by atoms with Gasteiger partial charge in [-0.2, -0.15) is 8.61 Å². The molecule has 2 aliphatic rings. The van der Waals surface area contributed by atoms with Crippen molar-refractivity contribution in [3.05, 3.63) is 53.3 Å². The third-order valence-electron chi connectivity index (χ3n) is 7.11. The standard InChI is InChI=1S/C24H29ClN4O4S2/c1-17-4-2-3-13-29(17)35(32,33)21-8-6-20(7-9-21)34(30,31)28-14-11-18(12-15-28)24-26-22-10-5-19(25)16-23(22)27-24/h5-10,16-18H,2-4,11-15H2,1H3,(H,26,27). The van der Waals surface area contributed by atoms with Gasteiger partial charge in [0.1, 0.15) is 5.82 Å². The number of nitrogens with zero attached hydrogens (tertiary/aromatic N) is 3. The monoisotopic (exact) mass is 536 g/mol. The van der Waals surface area contributed by atoms with Gasteiger partial charge in [0.05, 0.1) is 20.8 Å². The molecular formula is C24H29ClN4O4S2. The molecule has 8 nitrogen and oxygen atoms in total.